The Hall–Kier alpha value is -3.72. The van der Waals surface area contributed by atoms with E-state index in [4.69, 9.17) is 5.73 Å². The number of alkyl halides is 3. The summed E-state index contributed by atoms with van der Waals surface area (Å²) >= 11 is 0. The van der Waals surface area contributed by atoms with E-state index in [2.05, 4.69) is 20.0 Å². The lowest BCUT2D eigenvalue weighted by Crippen LogP contribution is -2.48. The lowest BCUT2D eigenvalue weighted by Gasteiger charge is -2.32. The molecule has 210 valence electrons. The fourth-order valence-electron chi connectivity index (χ4n) is 4.41. The van der Waals surface area contributed by atoms with Crippen LogP contribution >= 0.6 is 0 Å². The highest BCUT2D eigenvalue weighted by atomic mass is 32.2. The van der Waals surface area contributed by atoms with E-state index in [1.807, 2.05) is 6.92 Å². The highest BCUT2D eigenvalue weighted by molar-refractivity contribution is 7.90. The maximum atomic E-state index is 13.1. The van der Waals surface area contributed by atoms with Crippen LogP contribution in [-0.4, -0.2) is 84.3 Å². The molecule has 1 unspecified atom stereocenters. The first-order valence-electron chi connectivity index (χ1n) is 12.0. The molecule has 1 fully saturated rings. The number of sulfone groups is 1. The minimum atomic E-state index is -5.04. The van der Waals surface area contributed by atoms with Crippen molar-refractivity contribution >= 4 is 33.2 Å². The van der Waals surface area contributed by atoms with Gasteiger partial charge in [0.1, 0.15) is 12.3 Å². The van der Waals surface area contributed by atoms with E-state index in [0.717, 1.165) is 11.8 Å². The van der Waals surface area contributed by atoms with Gasteiger partial charge in [-0.25, -0.2) is 23.2 Å². The molecule has 3 N–H and O–H groups in total. The monoisotopic (exact) mass is 568 g/mol. The molecular weight excluding hydrogens is 541 g/mol. The summed E-state index contributed by atoms with van der Waals surface area (Å²) in [6, 6.07) is 4.41. The summed E-state index contributed by atoms with van der Waals surface area (Å²) in [7, 11) is -3.46. The number of nitrogen functional groups attached to an aromatic ring is 1. The van der Waals surface area contributed by atoms with Gasteiger partial charge >= 0.3 is 12.1 Å². The number of aromatic nitrogens is 3. The van der Waals surface area contributed by atoms with Gasteiger partial charge in [-0.3, -0.25) is 14.1 Å². The fraction of sp³-hybridized carbons (Fsp3) is 0.417. The Morgan fingerprint density at radius 3 is 2.72 bits per heavy atom. The summed E-state index contributed by atoms with van der Waals surface area (Å²) in [6.45, 7) is 2.42. The average molecular weight is 569 g/mol. The van der Waals surface area contributed by atoms with E-state index < -0.39 is 34.5 Å². The molecule has 0 saturated carbocycles. The normalized spacial score (nSPS) is 16.8. The number of nitrogens with zero attached hydrogens (tertiary/aromatic N) is 4. The highest BCUT2D eigenvalue weighted by Crippen LogP contribution is 2.28. The fourth-order valence-corrected chi connectivity index (χ4v) is 5.06. The second-order valence-electron chi connectivity index (χ2n) is 9.34. The van der Waals surface area contributed by atoms with Crippen LogP contribution in [0.5, 0.6) is 0 Å². The Bertz CT molecular complexity index is 1520. The Labute approximate surface area is 222 Å². The van der Waals surface area contributed by atoms with Gasteiger partial charge in [0.15, 0.2) is 21.3 Å². The van der Waals surface area contributed by atoms with Crippen molar-refractivity contribution in [3.05, 3.63) is 41.9 Å². The molecule has 39 heavy (non-hydrogen) atoms. The number of nitrogens with one attached hydrogen (secondary N) is 1. The number of imidazole rings is 1. The van der Waals surface area contributed by atoms with Gasteiger partial charge in [0.2, 0.25) is 0 Å². The SMILES string of the molecule is Cc1ccc(S(C)(=O)=O)cc1-c1cnc2c(N)nc(C(=O)NC3CCCN(CCOC(=O)C(F)(F)F)C3)cn12. The Morgan fingerprint density at radius 1 is 1.28 bits per heavy atom. The van der Waals surface area contributed by atoms with Crippen molar-refractivity contribution in [2.45, 2.75) is 36.9 Å². The molecule has 1 atom stereocenters. The number of esters is 1. The molecule has 3 aromatic rings. The number of benzene rings is 1. The Kier molecular flexibility index (Phi) is 7.84. The number of aryl methyl sites for hydroxylation is 1. The van der Waals surface area contributed by atoms with Crippen molar-refractivity contribution in [2.24, 2.45) is 0 Å². The minimum absolute atomic E-state index is 0.00238. The molecule has 3 heterocycles. The lowest BCUT2D eigenvalue weighted by atomic mass is 10.1. The third-order valence-electron chi connectivity index (χ3n) is 6.38. The molecule has 1 saturated heterocycles. The maximum Gasteiger partial charge on any atom is 0.490 e. The van der Waals surface area contributed by atoms with Gasteiger partial charge in [-0.2, -0.15) is 13.2 Å². The van der Waals surface area contributed by atoms with E-state index in [1.54, 1.807) is 15.4 Å². The van der Waals surface area contributed by atoms with Crippen LogP contribution in [0.15, 0.2) is 35.5 Å². The molecule has 0 spiro atoms. The van der Waals surface area contributed by atoms with Crippen LogP contribution in [0.4, 0.5) is 19.0 Å². The number of carbonyl (C=O) groups is 2. The third kappa shape index (κ3) is 6.47. The zero-order chi connectivity index (χ0) is 28.5. The largest absolute Gasteiger partial charge is 0.490 e. The van der Waals surface area contributed by atoms with Gasteiger partial charge < -0.3 is 15.8 Å². The van der Waals surface area contributed by atoms with Gasteiger partial charge in [0.05, 0.1) is 16.8 Å². The topological polar surface area (TPSA) is 149 Å². The predicted molar refractivity (Wildman–Crippen MR) is 135 cm³/mol. The molecule has 1 amide bonds. The molecule has 1 aliphatic rings. The first kappa shape index (κ1) is 28.3. The second-order valence-corrected chi connectivity index (χ2v) is 11.4. The number of hydrogen-bond donors (Lipinski definition) is 2. The Morgan fingerprint density at radius 2 is 2.03 bits per heavy atom. The zero-order valence-corrected chi connectivity index (χ0v) is 22.0. The number of rotatable bonds is 7. The number of likely N-dealkylation sites (tertiary alicyclic amines) is 1. The Balaban J connectivity index is 1.50. The van der Waals surface area contributed by atoms with E-state index >= 15 is 0 Å². The molecule has 4 rings (SSSR count). The van der Waals surface area contributed by atoms with Crippen LogP contribution in [0.2, 0.25) is 0 Å². The molecule has 1 aromatic carbocycles. The summed E-state index contributed by atoms with van der Waals surface area (Å²) < 4.78 is 67.0. The van der Waals surface area contributed by atoms with Crippen molar-refractivity contribution in [1.29, 1.82) is 0 Å². The number of hydrogen-bond acceptors (Lipinski definition) is 9. The van der Waals surface area contributed by atoms with Gasteiger partial charge in [0, 0.05) is 37.1 Å². The molecular formula is C24H27F3N6O5S. The quantitative estimate of drug-likeness (QED) is 0.408. The number of amides is 1. The van der Waals surface area contributed by atoms with Gasteiger partial charge in [-0.1, -0.05) is 6.07 Å². The summed E-state index contributed by atoms with van der Waals surface area (Å²) in [6.07, 6.45) is 0.367. The van der Waals surface area contributed by atoms with Crippen LogP contribution in [0.1, 0.15) is 28.9 Å². The highest BCUT2D eigenvalue weighted by Gasteiger charge is 2.41. The smallest absolute Gasteiger partial charge is 0.458 e. The van der Waals surface area contributed by atoms with E-state index in [-0.39, 0.29) is 29.0 Å². The van der Waals surface area contributed by atoms with E-state index in [0.29, 0.717) is 42.8 Å². The van der Waals surface area contributed by atoms with Crippen LogP contribution in [0, 0.1) is 6.92 Å². The zero-order valence-electron chi connectivity index (χ0n) is 21.2. The number of nitrogens with two attached hydrogens (primary N) is 1. The molecule has 2 aromatic heterocycles. The molecule has 0 radical (unpaired) electrons. The standard InChI is InChI=1S/C24H27F3N6O5S/c1-14-5-6-16(39(2,36)37)10-17(14)19-11-29-21-20(28)31-18(13-33(19)21)22(34)30-15-4-3-7-32(12-15)8-9-38-23(35)24(25,26)27/h5-6,10-11,13,15H,3-4,7-9,12H2,1-2H3,(H2,28,31)(H,30,34). The molecule has 0 aliphatic carbocycles. The summed E-state index contributed by atoms with van der Waals surface area (Å²) in [4.78, 5) is 34.4. The van der Waals surface area contributed by atoms with Crippen LogP contribution in [0.3, 0.4) is 0 Å². The van der Waals surface area contributed by atoms with Crippen molar-refractivity contribution in [2.75, 3.05) is 38.2 Å². The molecule has 11 nitrogen and oxygen atoms in total. The van der Waals surface area contributed by atoms with Crippen molar-refractivity contribution in [1.82, 2.24) is 24.6 Å². The first-order chi connectivity index (χ1) is 18.2. The van der Waals surface area contributed by atoms with Gasteiger partial charge in [-0.15, -0.1) is 0 Å². The van der Waals surface area contributed by atoms with Crippen molar-refractivity contribution in [3.63, 3.8) is 0 Å². The number of piperidine rings is 1. The molecule has 1 aliphatic heterocycles. The number of ether oxygens (including phenoxy) is 1. The second kappa shape index (κ2) is 10.8. The molecule has 15 heteroatoms. The number of halogens is 3. The number of carbonyl (C=O) groups excluding carboxylic acids is 2. The van der Waals surface area contributed by atoms with E-state index in [1.165, 1.54) is 24.5 Å². The number of anilines is 1. The first-order valence-corrected chi connectivity index (χ1v) is 13.8. The number of fused-ring (bicyclic) bond motifs is 1. The summed E-state index contributed by atoms with van der Waals surface area (Å²) in [5, 5.41) is 2.87. The van der Waals surface area contributed by atoms with Crippen molar-refractivity contribution < 1.29 is 35.9 Å². The average Bonchev–Trinajstić information content (AvgIpc) is 3.27. The lowest BCUT2D eigenvalue weighted by molar-refractivity contribution is -0.200. The van der Waals surface area contributed by atoms with Crippen LogP contribution in [0.25, 0.3) is 16.9 Å². The van der Waals surface area contributed by atoms with Gasteiger partial charge in [0.25, 0.3) is 5.91 Å². The molecule has 0 bridgehead atoms. The van der Waals surface area contributed by atoms with Crippen LogP contribution in [-0.2, 0) is 19.4 Å². The minimum Gasteiger partial charge on any atom is -0.458 e. The van der Waals surface area contributed by atoms with Gasteiger partial charge in [-0.05, 0) is 44.0 Å². The summed E-state index contributed by atoms with van der Waals surface area (Å²) in [5.41, 5.74) is 8.29. The predicted octanol–water partition coefficient (Wildman–Crippen LogP) is 1.99. The maximum absolute atomic E-state index is 13.1. The third-order valence-corrected chi connectivity index (χ3v) is 7.49. The van der Waals surface area contributed by atoms with E-state index in [9.17, 15) is 31.2 Å². The van der Waals surface area contributed by atoms with Crippen molar-refractivity contribution in [3.8, 4) is 11.3 Å². The van der Waals surface area contributed by atoms with Crippen LogP contribution < -0.4 is 11.1 Å². The summed E-state index contributed by atoms with van der Waals surface area (Å²) in [5.74, 6) is -2.75.